The predicted molar refractivity (Wildman–Crippen MR) is 97.2 cm³/mol. The fourth-order valence-corrected chi connectivity index (χ4v) is 4.52. The number of hydrogen-bond acceptors (Lipinski definition) is 4. The van der Waals surface area contributed by atoms with Crippen molar-refractivity contribution >= 4 is 28.3 Å². The Morgan fingerprint density at radius 1 is 1.23 bits per heavy atom. The van der Waals surface area contributed by atoms with E-state index >= 15 is 0 Å². The van der Waals surface area contributed by atoms with Gasteiger partial charge in [-0.2, -0.15) is 0 Å². The van der Waals surface area contributed by atoms with E-state index in [1.54, 1.807) is 18.9 Å². The summed E-state index contributed by atoms with van der Waals surface area (Å²) in [5, 5.41) is 0. The summed E-state index contributed by atoms with van der Waals surface area (Å²) >= 11 is 7.38. The normalized spacial score (nSPS) is 21.1. The third-order valence-electron chi connectivity index (χ3n) is 4.61. The largest absolute Gasteiger partial charge is 0.496 e. The maximum atomic E-state index is 5.58. The average Bonchev–Trinajstić information content (AvgIpc) is 2.58. The van der Waals surface area contributed by atoms with Crippen molar-refractivity contribution in [3.05, 3.63) is 29.8 Å². The van der Waals surface area contributed by atoms with Gasteiger partial charge in [0.15, 0.2) is 0 Å². The van der Waals surface area contributed by atoms with Gasteiger partial charge in [-0.25, -0.2) is 0 Å². The number of methoxy groups -OCH3 is 1. The molecule has 1 aliphatic carbocycles. The molecule has 0 atom stereocenters. The lowest BCUT2D eigenvalue weighted by Crippen LogP contribution is -2.49. The van der Waals surface area contributed by atoms with Gasteiger partial charge in [0.25, 0.3) is 0 Å². The number of thiocarbonyl (C=S) groups is 1. The van der Waals surface area contributed by atoms with Crippen molar-refractivity contribution < 1.29 is 4.74 Å². The first-order valence-electron chi connectivity index (χ1n) is 8.05. The van der Waals surface area contributed by atoms with Gasteiger partial charge in [-0.05, 0) is 18.9 Å². The van der Waals surface area contributed by atoms with Gasteiger partial charge >= 0.3 is 0 Å². The number of ether oxygens (including phenoxy) is 1. The molecule has 1 heterocycles. The zero-order valence-electron chi connectivity index (χ0n) is 13.2. The van der Waals surface area contributed by atoms with Crippen LogP contribution in [0.25, 0.3) is 0 Å². The SMILES string of the molecule is COc1ccccc1CN1CN(C2CCCCC2)CSC1=S. The minimum absolute atomic E-state index is 0.740. The number of rotatable bonds is 4. The van der Waals surface area contributed by atoms with Gasteiger partial charge in [-0.3, -0.25) is 4.90 Å². The van der Waals surface area contributed by atoms with Crippen molar-refractivity contribution in [3.8, 4) is 5.75 Å². The quantitative estimate of drug-likeness (QED) is 0.768. The lowest BCUT2D eigenvalue weighted by molar-refractivity contribution is 0.124. The zero-order valence-corrected chi connectivity index (χ0v) is 14.8. The number of hydrogen-bond donors (Lipinski definition) is 0. The molecule has 0 spiro atoms. The number of nitrogens with zero attached hydrogens (tertiary/aromatic N) is 2. The van der Waals surface area contributed by atoms with E-state index in [1.165, 1.54) is 37.7 Å². The molecule has 0 bridgehead atoms. The molecule has 2 fully saturated rings. The first-order chi connectivity index (χ1) is 10.8. The molecular weight excluding hydrogens is 312 g/mol. The Hall–Kier alpha value is -0.780. The fourth-order valence-electron chi connectivity index (χ4n) is 3.37. The van der Waals surface area contributed by atoms with Crippen molar-refractivity contribution in [3.63, 3.8) is 0 Å². The highest BCUT2D eigenvalue weighted by atomic mass is 32.2. The standard InChI is InChI=1S/C17H24N2OS2/c1-20-16-10-6-5-7-14(16)11-18-12-19(13-22-17(18)21)15-8-3-2-4-9-15/h5-7,10,15H,2-4,8-9,11-13H2,1H3. The highest BCUT2D eigenvalue weighted by Gasteiger charge is 2.28. The Labute approximate surface area is 143 Å². The number of para-hydroxylation sites is 1. The summed E-state index contributed by atoms with van der Waals surface area (Å²) in [5.41, 5.74) is 1.21. The van der Waals surface area contributed by atoms with Gasteiger partial charge in [0, 0.05) is 18.2 Å². The van der Waals surface area contributed by atoms with Gasteiger partial charge in [0.1, 0.15) is 10.1 Å². The Balaban J connectivity index is 1.67. The Morgan fingerprint density at radius 3 is 2.77 bits per heavy atom. The van der Waals surface area contributed by atoms with Crippen molar-refractivity contribution in [2.45, 2.75) is 44.7 Å². The molecule has 0 aromatic heterocycles. The highest BCUT2D eigenvalue weighted by Crippen LogP contribution is 2.30. The van der Waals surface area contributed by atoms with Crippen LogP contribution in [0.1, 0.15) is 37.7 Å². The van der Waals surface area contributed by atoms with Gasteiger partial charge in [-0.15, -0.1) is 0 Å². The third-order valence-corrected chi connectivity index (χ3v) is 6.19. The van der Waals surface area contributed by atoms with Crippen molar-refractivity contribution in [2.75, 3.05) is 19.7 Å². The molecule has 3 nitrogen and oxygen atoms in total. The third kappa shape index (κ3) is 3.76. The summed E-state index contributed by atoms with van der Waals surface area (Å²) < 4.78 is 6.49. The minimum atomic E-state index is 0.740. The second kappa shape index (κ2) is 7.66. The van der Waals surface area contributed by atoms with Gasteiger partial charge in [-0.1, -0.05) is 61.4 Å². The molecule has 0 amide bonds. The molecule has 1 aromatic carbocycles. The zero-order chi connectivity index (χ0) is 15.4. The highest BCUT2D eigenvalue weighted by molar-refractivity contribution is 8.22. The Kier molecular flexibility index (Phi) is 5.61. The van der Waals surface area contributed by atoms with Gasteiger partial charge in [0.2, 0.25) is 0 Å². The molecule has 1 saturated heterocycles. The molecule has 0 N–H and O–H groups in total. The molecule has 120 valence electrons. The molecule has 22 heavy (non-hydrogen) atoms. The van der Waals surface area contributed by atoms with Gasteiger partial charge in [0.05, 0.1) is 19.7 Å². The summed E-state index contributed by atoms with van der Waals surface area (Å²) in [6, 6.07) is 8.97. The van der Waals surface area contributed by atoms with Crippen LogP contribution in [0.2, 0.25) is 0 Å². The van der Waals surface area contributed by atoms with Crippen LogP contribution in [-0.2, 0) is 6.54 Å². The molecule has 1 aromatic rings. The van der Waals surface area contributed by atoms with E-state index in [1.807, 2.05) is 12.1 Å². The number of benzene rings is 1. The first-order valence-corrected chi connectivity index (χ1v) is 9.45. The molecule has 0 unspecified atom stereocenters. The topological polar surface area (TPSA) is 15.7 Å². The summed E-state index contributed by atoms with van der Waals surface area (Å²) in [6.07, 6.45) is 6.85. The van der Waals surface area contributed by atoms with Crippen LogP contribution in [0.3, 0.4) is 0 Å². The smallest absolute Gasteiger partial charge is 0.138 e. The number of thioether (sulfide) groups is 1. The summed E-state index contributed by atoms with van der Waals surface area (Å²) in [5.74, 6) is 2.00. The lowest BCUT2D eigenvalue weighted by atomic mass is 9.95. The Morgan fingerprint density at radius 2 is 2.00 bits per heavy atom. The minimum Gasteiger partial charge on any atom is -0.496 e. The maximum Gasteiger partial charge on any atom is 0.138 e. The monoisotopic (exact) mass is 336 g/mol. The van der Waals surface area contributed by atoms with E-state index < -0.39 is 0 Å². The molecule has 1 aliphatic heterocycles. The predicted octanol–water partition coefficient (Wildman–Crippen LogP) is 4.08. The second-order valence-corrected chi connectivity index (χ2v) is 7.65. The van der Waals surface area contributed by atoms with Crippen molar-refractivity contribution in [1.82, 2.24) is 9.80 Å². The van der Waals surface area contributed by atoms with E-state index in [2.05, 4.69) is 21.9 Å². The molecule has 3 rings (SSSR count). The molecule has 5 heteroatoms. The van der Waals surface area contributed by atoms with E-state index in [0.717, 1.165) is 35.2 Å². The van der Waals surface area contributed by atoms with Crippen LogP contribution in [0.4, 0.5) is 0 Å². The van der Waals surface area contributed by atoms with E-state index in [9.17, 15) is 0 Å². The van der Waals surface area contributed by atoms with Crippen LogP contribution in [0.15, 0.2) is 24.3 Å². The molecule has 1 saturated carbocycles. The molecule has 0 radical (unpaired) electrons. The summed E-state index contributed by atoms with van der Waals surface area (Å²) in [4.78, 5) is 4.92. The van der Waals surface area contributed by atoms with E-state index in [-0.39, 0.29) is 0 Å². The average molecular weight is 337 g/mol. The summed E-state index contributed by atoms with van der Waals surface area (Å²) in [6.45, 7) is 1.79. The van der Waals surface area contributed by atoms with Crippen LogP contribution in [0.5, 0.6) is 5.75 Å². The Bertz CT molecular complexity index is 517. The van der Waals surface area contributed by atoms with Crippen LogP contribution in [-0.4, -0.2) is 39.8 Å². The molecule has 2 aliphatic rings. The van der Waals surface area contributed by atoms with Crippen LogP contribution >= 0.6 is 24.0 Å². The summed E-state index contributed by atoms with van der Waals surface area (Å²) in [7, 11) is 1.73. The van der Waals surface area contributed by atoms with Gasteiger partial charge < -0.3 is 9.64 Å². The second-order valence-electron chi connectivity index (χ2n) is 6.07. The molecular formula is C17H24N2OS2. The van der Waals surface area contributed by atoms with E-state index in [0.29, 0.717) is 0 Å². The van der Waals surface area contributed by atoms with Crippen LogP contribution < -0.4 is 4.74 Å². The first kappa shape index (κ1) is 16.1. The van der Waals surface area contributed by atoms with Crippen molar-refractivity contribution in [1.29, 1.82) is 0 Å². The van der Waals surface area contributed by atoms with Crippen molar-refractivity contribution in [2.24, 2.45) is 0 Å². The fraction of sp³-hybridized carbons (Fsp3) is 0.588. The van der Waals surface area contributed by atoms with E-state index in [4.69, 9.17) is 17.0 Å². The maximum absolute atomic E-state index is 5.58. The lowest BCUT2D eigenvalue weighted by Gasteiger charge is -2.42. The van der Waals surface area contributed by atoms with Crippen LogP contribution in [0, 0.1) is 0 Å².